The second-order valence-corrected chi connectivity index (χ2v) is 8.08. The van der Waals surface area contributed by atoms with Crippen molar-refractivity contribution < 1.29 is 14.3 Å². The number of carbonyl (C=O) groups is 1. The van der Waals surface area contributed by atoms with E-state index in [4.69, 9.17) is 14.5 Å². The first kappa shape index (κ1) is 20.1. The zero-order valence-electron chi connectivity index (χ0n) is 18.1. The van der Waals surface area contributed by atoms with Crippen LogP contribution >= 0.6 is 0 Å². The molecule has 0 spiro atoms. The number of nitrogens with one attached hydrogen (secondary N) is 1. The standard InChI is InChI=1S/C27H24N2O3/c1-17-11-12-19(13-18(17)2)24-14-22(21-7-3-4-8-23(21)29-24)27(30)28-15-20-16-31-25-9-5-6-10-26(25)32-20/h3-14,20H,15-16H2,1-2H3,(H,28,30). The molecule has 0 bridgehead atoms. The fourth-order valence-electron chi connectivity index (χ4n) is 3.88. The Labute approximate surface area is 187 Å². The summed E-state index contributed by atoms with van der Waals surface area (Å²) in [6.07, 6.45) is -0.249. The zero-order valence-corrected chi connectivity index (χ0v) is 18.1. The molecule has 5 heteroatoms. The van der Waals surface area contributed by atoms with Gasteiger partial charge in [-0.15, -0.1) is 0 Å². The lowest BCUT2D eigenvalue weighted by atomic mass is 10.0. The number of pyridine rings is 1. The minimum Gasteiger partial charge on any atom is -0.486 e. The Kier molecular flexibility index (Phi) is 5.23. The second-order valence-electron chi connectivity index (χ2n) is 8.08. The molecule has 3 aromatic carbocycles. The van der Waals surface area contributed by atoms with Crippen LogP contribution in [0.2, 0.25) is 0 Å². The molecule has 1 atom stereocenters. The van der Waals surface area contributed by atoms with E-state index >= 15 is 0 Å². The van der Waals surface area contributed by atoms with Crippen molar-refractivity contribution in [2.75, 3.05) is 13.2 Å². The molecule has 0 saturated heterocycles. The van der Waals surface area contributed by atoms with E-state index in [-0.39, 0.29) is 12.0 Å². The second kappa shape index (κ2) is 8.35. The van der Waals surface area contributed by atoms with E-state index in [1.54, 1.807) is 0 Å². The predicted octanol–water partition coefficient (Wildman–Crippen LogP) is 5.09. The third-order valence-corrected chi connectivity index (χ3v) is 5.82. The lowest BCUT2D eigenvalue weighted by molar-refractivity contribution is 0.0790. The van der Waals surface area contributed by atoms with Crippen molar-refractivity contribution in [3.05, 3.63) is 89.5 Å². The molecule has 2 heterocycles. The van der Waals surface area contributed by atoms with Crippen molar-refractivity contribution >= 4 is 16.8 Å². The topological polar surface area (TPSA) is 60.5 Å². The fourth-order valence-corrected chi connectivity index (χ4v) is 3.88. The molecular weight excluding hydrogens is 400 g/mol. The smallest absolute Gasteiger partial charge is 0.252 e. The van der Waals surface area contributed by atoms with E-state index in [0.29, 0.717) is 24.5 Å². The van der Waals surface area contributed by atoms with Crippen LogP contribution < -0.4 is 14.8 Å². The Morgan fingerprint density at radius 3 is 2.59 bits per heavy atom. The molecule has 1 aliphatic heterocycles. The minimum absolute atomic E-state index is 0.156. The monoisotopic (exact) mass is 424 g/mol. The molecule has 0 radical (unpaired) electrons. The largest absolute Gasteiger partial charge is 0.486 e. The molecular formula is C27H24N2O3. The number of para-hydroxylation sites is 3. The van der Waals surface area contributed by atoms with Gasteiger partial charge in [-0.2, -0.15) is 0 Å². The number of carbonyl (C=O) groups excluding carboxylic acids is 1. The summed E-state index contributed by atoms with van der Waals surface area (Å²) in [7, 11) is 0. The maximum absolute atomic E-state index is 13.2. The summed E-state index contributed by atoms with van der Waals surface area (Å²) in [5.41, 5.74) is 5.58. The predicted molar refractivity (Wildman–Crippen MR) is 125 cm³/mol. The molecule has 1 aromatic heterocycles. The van der Waals surface area contributed by atoms with Gasteiger partial charge in [-0.1, -0.05) is 42.5 Å². The summed E-state index contributed by atoms with van der Waals surface area (Å²) >= 11 is 0. The van der Waals surface area contributed by atoms with Crippen molar-refractivity contribution in [3.63, 3.8) is 0 Å². The van der Waals surface area contributed by atoms with Crippen molar-refractivity contribution in [2.45, 2.75) is 20.0 Å². The first-order valence-corrected chi connectivity index (χ1v) is 10.7. The zero-order chi connectivity index (χ0) is 22.1. The minimum atomic E-state index is -0.249. The molecule has 4 aromatic rings. The van der Waals surface area contributed by atoms with E-state index in [9.17, 15) is 4.79 Å². The molecule has 1 N–H and O–H groups in total. The van der Waals surface area contributed by atoms with E-state index in [0.717, 1.165) is 27.9 Å². The lowest BCUT2D eigenvalue weighted by Crippen LogP contribution is -2.40. The fraction of sp³-hybridized carbons (Fsp3) is 0.185. The Balaban J connectivity index is 1.41. The summed E-state index contributed by atoms with van der Waals surface area (Å²) in [5.74, 6) is 1.27. The van der Waals surface area contributed by atoms with Crippen LogP contribution in [0, 0.1) is 13.8 Å². The van der Waals surface area contributed by atoms with E-state index < -0.39 is 0 Å². The highest BCUT2D eigenvalue weighted by Gasteiger charge is 2.22. The quantitative estimate of drug-likeness (QED) is 0.496. The maximum Gasteiger partial charge on any atom is 0.252 e. The highest BCUT2D eigenvalue weighted by molar-refractivity contribution is 6.07. The number of hydrogen-bond donors (Lipinski definition) is 1. The summed E-state index contributed by atoms with van der Waals surface area (Å²) < 4.78 is 11.7. The van der Waals surface area contributed by atoms with Crippen molar-refractivity contribution in [3.8, 4) is 22.8 Å². The van der Waals surface area contributed by atoms with Crippen LogP contribution in [0.3, 0.4) is 0 Å². The van der Waals surface area contributed by atoms with Gasteiger partial charge in [0.05, 0.1) is 23.3 Å². The van der Waals surface area contributed by atoms with E-state index in [1.165, 1.54) is 11.1 Å². The molecule has 1 amide bonds. The highest BCUT2D eigenvalue weighted by atomic mass is 16.6. The molecule has 1 unspecified atom stereocenters. The molecule has 1 aliphatic rings. The Bertz CT molecular complexity index is 1320. The SMILES string of the molecule is Cc1ccc(-c2cc(C(=O)NCC3COc4ccccc4O3)c3ccccc3n2)cc1C. The van der Waals surface area contributed by atoms with Crippen LogP contribution in [0.1, 0.15) is 21.5 Å². The number of amides is 1. The van der Waals surface area contributed by atoms with Crippen molar-refractivity contribution in [1.82, 2.24) is 10.3 Å². The molecule has 0 fully saturated rings. The Morgan fingerprint density at radius 2 is 1.75 bits per heavy atom. The van der Waals surface area contributed by atoms with Crippen LogP contribution in [0.5, 0.6) is 11.5 Å². The lowest BCUT2D eigenvalue weighted by Gasteiger charge is -2.26. The number of ether oxygens (including phenoxy) is 2. The molecule has 0 aliphatic carbocycles. The number of aryl methyl sites for hydroxylation is 2. The normalized spacial score (nSPS) is 14.9. The third-order valence-electron chi connectivity index (χ3n) is 5.82. The first-order chi connectivity index (χ1) is 15.6. The Hall–Kier alpha value is -3.86. The van der Waals surface area contributed by atoms with Gasteiger partial charge in [0.2, 0.25) is 0 Å². The Morgan fingerprint density at radius 1 is 0.969 bits per heavy atom. The first-order valence-electron chi connectivity index (χ1n) is 10.7. The molecule has 160 valence electrons. The molecule has 0 saturated carbocycles. The highest BCUT2D eigenvalue weighted by Crippen LogP contribution is 2.31. The van der Waals surface area contributed by atoms with Crippen molar-refractivity contribution in [2.24, 2.45) is 0 Å². The van der Waals surface area contributed by atoms with Crippen LogP contribution in [-0.4, -0.2) is 30.1 Å². The van der Waals surface area contributed by atoms with Gasteiger partial charge in [0.15, 0.2) is 11.5 Å². The third kappa shape index (κ3) is 3.89. The van der Waals surface area contributed by atoms with Gasteiger partial charge < -0.3 is 14.8 Å². The van der Waals surface area contributed by atoms with E-state index in [1.807, 2.05) is 60.7 Å². The summed E-state index contributed by atoms with van der Waals surface area (Å²) in [6, 6.07) is 23.4. The van der Waals surface area contributed by atoms with Gasteiger partial charge >= 0.3 is 0 Å². The van der Waals surface area contributed by atoms with Gasteiger partial charge in [-0.05, 0) is 55.3 Å². The van der Waals surface area contributed by atoms with Gasteiger partial charge in [-0.25, -0.2) is 4.98 Å². The van der Waals surface area contributed by atoms with Crippen LogP contribution in [0.4, 0.5) is 0 Å². The van der Waals surface area contributed by atoms with Crippen LogP contribution in [0.25, 0.3) is 22.2 Å². The van der Waals surface area contributed by atoms with Crippen molar-refractivity contribution in [1.29, 1.82) is 0 Å². The van der Waals surface area contributed by atoms with E-state index in [2.05, 4.69) is 31.3 Å². The number of aromatic nitrogens is 1. The van der Waals surface area contributed by atoms with Crippen LogP contribution in [0.15, 0.2) is 72.8 Å². The molecule has 32 heavy (non-hydrogen) atoms. The number of fused-ring (bicyclic) bond motifs is 2. The average Bonchev–Trinajstić information content (AvgIpc) is 2.83. The maximum atomic E-state index is 13.2. The van der Waals surface area contributed by atoms with Gasteiger partial charge in [0, 0.05) is 10.9 Å². The molecule has 5 nitrogen and oxygen atoms in total. The summed E-state index contributed by atoms with van der Waals surface area (Å²) in [6.45, 7) is 4.91. The van der Waals surface area contributed by atoms with Gasteiger partial charge in [-0.3, -0.25) is 4.79 Å². The summed E-state index contributed by atoms with van der Waals surface area (Å²) in [5, 5.41) is 3.84. The number of hydrogen-bond acceptors (Lipinski definition) is 4. The van der Waals surface area contributed by atoms with Gasteiger partial charge in [0.25, 0.3) is 5.91 Å². The molecule has 5 rings (SSSR count). The summed E-state index contributed by atoms with van der Waals surface area (Å²) in [4.78, 5) is 18.0. The van der Waals surface area contributed by atoms with Gasteiger partial charge in [0.1, 0.15) is 12.7 Å². The van der Waals surface area contributed by atoms with Crippen LogP contribution in [-0.2, 0) is 0 Å². The number of rotatable bonds is 4. The average molecular weight is 425 g/mol. The number of benzene rings is 3. The number of nitrogens with zero attached hydrogens (tertiary/aromatic N) is 1.